The summed E-state index contributed by atoms with van der Waals surface area (Å²) in [5, 5.41) is 12.3. The van der Waals surface area contributed by atoms with Crippen LogP contribution in [0.3, 0.4) is 0 Å². The van der Waals surface area contributed by atoms with Crippen molar-refractivity contribution in [2.45, 2.75) is 52.4 Å². The molecule has 4 aromatic rings. The van der Waals surface area contributed by atoms with Crippen molar-refractivity contribution in [2.24, 2.45) is 0 Å². The molecule has 2 atom stereocenters. The van der Waals surface area contributed by atoms with E-state index < -0.39 is 17.9 Å². The summed E-state index contributed by atoms with van der Waals surface area (Å²) in [4.78, 5) is 29.5. The molecule has 214 valence electrons. The number of carboxylic acid groups (broad SMARTS) is 1. The topological polar surface area (TPSA) is 102 Å². The third kappa shape index (κ3) is 7.86. The number of hydrogen-bond donors (Lipinski definition) is 2. The maximum Gasteiger partial charge on any atom is 0.326 e. The van der Waals surface area contributed by atoms with E-state index in [4.69, 9.17) is 9.15 Å². The standard InChI is InChI=1S/C33H36N2O5S/c1-4-11-28(33(37)38)35-31(36)26-17-16-23(18-27(26)25-15-10-9-12-22(25)3)20-39-30(21-41-5-2)29-19-34-32(40-29)24-13-7-6-8-14-24/h6-10,12-19,28,30H,4-5,11,20-21H2,1-3H3,(H,35,36)(H,37,38)/t28-,30-/m0/s1. The third-order valence-corrected chi connectivity index (χ3v) is 7.68. The fourth-order valence-corrected chi connectivity index (χ4v) is 5.25. The number of aryl methyl sites for hydroxylation is 1. The van der Waals surface area contributed by atoms with Crippen molar-refractivity contribution in [1.29, 1.82) is 0 Å². The van der Waals surface area contributed by atoms with Crippen LogP contribution in [0.1, 0.15) is 60.0 Å². The number of aromatic nitrogens is 1. The highest BCUT2D eigenvalue weighted by atomic mass is 32.2. The molecule has 2 N–H and O–H groups in total. The molecular weight excluding hydrogens is 536 g/mol. The van der Waals surface area contributed by atoms with Gasteiger partial charge in [0.25, 0.3) is 5.91 Å². The second kappa shape index (κ2) is 14.7. The lowest BCUT2D eigenvalue weighted by molar-refractivity contribution is -0.139. The first-order valence-electron chi connectivity index (χ1n) is 13.8. The van der Waals surface area contributed by atoms with E-state index in [0.717, 1.165) is 33.6 Å². The van der Waals surface area contributed by atoms with E-state index in [1.165, 1.54) is 0 Å². The first kappa shape index (κ1) is 30.1. The minimum absolute atomic E-state index is 0.296. The van der Waals surface area contributed by atoms with Crippen molar-refractivity contribution in [1.82, 2.24) is 10.3 Å². The smallest absolute Gasteiger partial charge is 0.326 e. The number of carboxylic acids is 1. The summed E-state index contributed by atoms with van der Waals surface area (Å²) in [6.45, 7) is 6.28. The van der Waals surface area contributed by atoms with Gasteiger partial charge in [-0.15, -0.1) is 0 Å². The molecule has 1 aromatic heterocycles. The predicted molar refractivity (Wildman–Crippen MR) is 163 cm³/mol. The Morgan fingerprint density at radius 3 is 2.49 bits per heavy atom. The molecule has 0 saturated heterocycles. The molecule has 0 saturated carbocycles. The van der Waals surface area contributed by atoms with Gasteiger partial charge in [0.15, 0.2) is 5.76 Å². The molecule has 0 spiro atoms. The quantitative estimate of drug-likeness (QED) is 0.163. The first-order valence-corrected chi connectivity index (χ1v) is 15.0. The molecule has 0 aliphatic heterocycles. The molecule has 3 aromatic carbocycles. The van der Waals surface area contributed by atoms with Crippen LogP contribution in [0.25, 0.3) is 22.6 Å². The lowest BCUT2D eigenvalue weighted by Crippen LogP contribution is -2.40. The highest BCUT2D eigenvalue weighted by Crippen LogP contribution is 2.31. The Morgan fingerprint density at radius 1 is 1.02 bits per heavy atom. The number of thioether (sulfide) groups is 1. The van der Waals surface area contributed by atoms with Crippen LogP contribution in [-0.4, -0.2) is 39.5 Å². The van der Waals surface area contributed by atoms with Crippen molar-refractivity contribution in [2.75, 3.05) is 11.5 Å². The van der Waals surface area contributed by atoms with Gasteiger partial charge < -0.3 is 19.6 Å². The van der Waals surface area contributed by atoms with E-state index in [0.29, 0.717) is 42.4 Å². The summed E-state index contributed by atoms with van der Waals surface area (Å²) in [5.41, 5.74) is 4.86. The Kier molecular flexibility index (Phi) is 10.8. The van der Waals surface area contributed by atoms with Crippen molar-refractivity contribution in [3.63, 3.8) is 0 Å². The molecule has 8 heteroatoms. The SMILES string of the molecule is CCC[C@H](NC(=O)c1ccc(CO[C@@H](CSCC)c2cnc(-c3ccccc3)o2)cc1-c1ccccc1C)C(=O)O. The minimum Gasteiger partial charge on any atom is -0.480 e. The first-order chi connectivity index (χ1) is 19.9. The average Bonchev–Trinajstić information content (AvgIpc) is 3.48. The Bertz CT molecular complexity index is 1450. The zero-order valence-electron chi connectivity index (χ0n) is 23.6. The summed E-state index contributed by atoms with van der Waals surface area (Å²) in [6, 6.07) is 22.2. The third-order valence-electron chi connectivity index (χ3n) is 6.73. The van der Waals surface area contributed by atoms with Crippen LogP contribution in [0.4, 0.5) is 0 Å². The van der Waals surface area contributed by atoms with Gasteiger partial charge in [-0.3, -0.25) is 4.79 Å². The second-order valence-corrected chi connectivity index (χ2v) is 11.1. The number of benzene rings is 3. The molecule has 0 radical (unpaired) electrons. The number of carbonyl (C=O) groups excluding carboxylic acids is 1. The Hall–Kier alpha value is -3.88. The lowest BCUT2D eigenvalue weighted by Gasteiger charge is -2.19. The number of nitrogens with zero attached hydrogens (tertiary/aromatic N) is 1. The molecule has 0 unspecified atom stereocenters. The normalized spacial score (nSPS) is 12.6. The van der Waals surface area contributed by atoms with E-state index in [1.54, 1.807) is 24.0 Å². The zero-order chi connectivity index (χ0) is 29.2. The van der Waals surface area contributed by atoms with Crippen molar-refractivity contribution < 1.29 is 23.8 Å². The van der Waals surface area contributed by atoms with Gasteiger partial charge in [0.1, 0.15) is 12.1 Å². The van der Waals surface area contributed by atoms with E-state index in [2.05, 4.69) is 17.2 Å². The molecular formula is C33H36N2O5S. The highest BCUT2D eigenvalue weighted by Gasteiger charge is 2.23. The number of aliphatic carboxylic acids is 1. The molecule has 0 bridgehead atoms. The second-order valence-electron chi connectivity index (χ2n) is 9.74. The zero-order valence-corrected chi connectivity index (χ0v) is 24.4. The lowest BCUT2D eigenvalue weighted by atomic mass is 9.93. The summed E-state index contributed by atoms with van der Waals surface area (Å²) in [6.07, 6.45) is 2.43. The van der Waals surface area contributed by atoms with Gasteiger partial charge in [-0.2, -0.15) is 11.8 Å². The maximum absolute atomic E-state index is 13.3. The molecule has 0 aliphatic rings. The number of carbonyl (C=O) groups is 2. The van der Waals surface area contributed by atoms with Gasteiger partial charge in [0, 0.05) is 16.9 Å². The minimum atomic E-state index is -1.04. The monoisotopic (exact) mass is 572 g/mol. The van der Waals surface area contributed by atoms with Crippen molar-refractivity contribution in [3.8, 4) is 22.6 Å². The van der Waals surface area contributed by atoms with Gasteiger partial charge in [-0.25, -0.2) is 9.78 Å². The Balaban J connectivity index is 1.60. The van der Waals surface area contributed by atoms with Crippen LogP contribution in [-0.2, 0) is 16.1 Å². The van der Waals surface area contributed by atoms with E-state index in [9.17, 15) is 14.7 Å². The Labute approximate surface area is 245 Å². The van der Waals surface area contributed by atoms with Crippen LogP contribution >= 0.6 is 11.8 Å². The van der Waals surface area contributed by atoms with Crippen LogP contribution in [0.5, 0.6) is 0 Å². The summed E-state index contributed by atoms with van der Waals surface area (Å²) in [7, 11) is 0. The van der Waals surface area contributed by atoms with Crippen molar-refractivity contribution in [3.05, 3.63) is 101 Å². The molecule has 0 aliphatic carbocycles. The summed E-state index contributed by atoms with van der Waals surface area (Å²) >= 11 is 1.76. The fraction of sp³-hybridized carbons (Fsp3) is 0.303. The number of ether oxygens (including phenoxy) is 1. The van der Waals surface area contributed by atoms with Gasteiger partial charge >= 0.3 is 5.97 Å². The largest absolute Gasteiger partial charge is 0.480 e. The van der Waals surface area contributed by atoms with Crippen molar-refractivity contribution >= 4 is 23.6 Å². The van der Waals surface area contributed by atoms with E-state index in [1.807, 2.05) is 80.6 Å². The molecule has 0 fully saturated rings. The van der Waals surface area contributed by atoms with Gasteiger partial charge in [0.05, 0.1) is 12.8 Å². The summed E-state index contributed by atoms with van der Waals surface area (Å²) < 4.78 is 12.5. The van der Waals surface area contributed by atoms with Crippen LogP contribution in [0.2, 0.25) is 0 Å². The maximum atomic E-state index is 13.3. The van der Waals surface area contributed by atoms with Gasteiger partial charge in [-0.05, 0) is 65.6 Å². The number of hydrogen-bond acceptors (Lipinski definition) is 6. The van der Waals surface area contributed by atoms with Gasteiger partial charge in [-0.1, -0.05) is 68.8 Å². The van der Waals surface area contributed by atoms with E-state index >= 15 is 0 Å². The number of nitrogens with one attached hydrogen (secondary N) is 1. The fourth-order valence-electron chi connectivity index (χ4n) is 4.54. The van der Waals surface area contributed by atoms with Crippen LogP contribution in [0, 0.1) is 6.92 Å². The molecule has 41 heavy (non-hydrogen) atoms. The molecule has 7 nitrogen and oxygen atoms in total. The predicted octanol–water partition coefficient (Wildman–Crippen LogP) is 7.31. The molecule has 4 rings (SSSR count). The van der Waals surface area contributed by atoms with Crippen LogP contribution < -0.4 is 5.32 Å². The Morgan fingerprint density at radius 2 is 1.78 bits per heavy atom. The molecule has 1 heterocycles. The number of oxazole rings is 1. The number of amides is 1. The van der Waals surface area contributed by atoms with E-state index in [-0.39, 0.29) is 6.10 Å². The number of rotatable bonds is 14. The van der Waals surface area contributed by atoms with Gasteiger partial charge in [0.2, 0.25) is 5.89 Å². The summed E-state index contributed by atoms with van der Waals surface area (Å²) in [5.74, 6) is 1.41. The van der Waals surface area contributed by atoms with Crippen LogP contribution in [0.15, 0.2) is 83.4 Å². The molecule has 1 amide bonds. The average molecular weight is 573 g/mol. The highest BCUT2D eigenvalue weighted by molar-refractivity contribution is 7.99.